The Hall–Kier alpha value is -0.850. The number of rotatable bonds is 5. The molecule has 0 aliphatic carbocycles. The number of thiophene rings is 1. The SMILES string of the molecule is CCS(=O)(=O)c1ccccc1NCc1csc(Br)c1. The summed E-state index contributed by atoms with van der Waals surface area (Å²) in [7, 11) is -3.20. The lowest BCUT2D eigenvalue weighted by Crippen LogP contribution is -2.08. The average Bonchev–Trinajstić information content (AvgIpc) is 2.82. The molecule has 2 rings (SSSR count). The maximum Gasteiger partial charge on any atom is 0.180 e. The lowest BCUT2D eigenvalue weighted by Gasteiger charge is -2.11. The highest BCUT2D eigenvalue weighted by Gasteiger charge is 2.15. The molecule has 0 saturated carbocycles. The fraction of sp³-hybridized carbons (Fsp3) is 0.231. The van der Waals surface area contributed by atoms with E-state index in [2.05, 4.69) is 21.2 Å². The van der Waals surface area contributed by atoms with E-state index >= 15 is 0 Å². The van der Waals surface area contributed by atoms with Crippen molar-refractivity contribution in [3.05, 3.63) is 45.1 Å². The van der Waals surface area contributed by atoms with Crippen molar-refractivity contribution in [1.29, 1.82) is 0 Å². The Balaban J connectivity index is 2.21. The van der Waals surface area contributed by atoms with Crippen LogP contribution in [0.3, 0.4) is 0 Å². The molecule has 0 aliphatic heterocycles. The molecule has 0 atom stereocenters. The Bertz CT molecular complexity index is 665. The van der Waals surface area contributed by atoms with Gasteiger partial charge in [0.25, 0.3) is 0 Å². The standard InChI is InChI=1S/C13H14BrNO2S2/c1-2-19(16,17)12-6-4-3-5-11(12)15-8-10-7-13(14)18-9-10/h3-7,9,15H,2,8H2,1H3. The van der Waals surface area contributed by atoms with E-state index in [0.717, 1.165) is 9.35 Å². The van der Waals surface area contributed by atoms with Gasteiger partial charge in [0.15, 0.2) is 9.84 Å². The van der Waals surface area contributed by atoms with Crippen LogP contribution in [0.15, 0.2) is 44.4 Å². The second-order valence-electron chi connectivity index (χ2n) is 4.01. The van der Waals surface area contributed by atoms with Crippen molar-refractivity contribution in [2.24, 2.45) is 0 Å². The van der Waals surface area contributed by atoms with Gasteiger partial charge in [-0.2, -0.15) is 0 Å². The van der Waals surface area contributed by atoms with Crippen LogP contribution >= 0.6 is 27.3 Å². The molecule has 3 nitrogen and oxygen atoms in total. The van der Waals surface area contributed by atoms with Crippen molar-refractivity contribution in [1.82, 2.24) is 0 Å². The molecule has 6 heteroatoms. The largest absolute Gasteiger partial charge is 0.380 e. The molecule has 1 N–H and O–H groups in total. The van der Waals surface area contributed by atoms with Crippen LogP contribution in [0.25, 0.3) is 0 Å². The van der Waals surface area contributed by atoms with Gasteiger partial charge in [-0.05, 0) is 45.1 Å². The third kappa shape index (κ3) is 3.58. The number of hydrogen-bond donors (Lipinski definition) is 1. The lowest BCUT2D eigenvalue weighted by molar-refractivity contribution is 0.597. The smallest absolute Gasteiger partial charge is 0.180 e. The van der Waals surface area contributed by atoms with Gasteiger partial charge in [0.1, 0.15) is 0 Å². The van der Waals surface area contributed by atoms with Gasteiger partial charge in [0.05, 0.1) is 20.1 Å². The summed E-state index contributed by atoms with van der Waals surface area (Å²) in [4.78, 5) is 0.367. The van der Waals surface area contributed by atoms with Crippen LogP contribution in [0, 0.1) is 0 Å². The van der Waals surface area contributed by atoms with Crippen LogP contribution in [-0.4, -0.2) is 14.2 Å². The second kappa shape index (κ2) is 6.07. The lowest BCUT2D eigenvalue weighted by atomic mass is 10.3. The summed E-state index contributed by atoms with van der Waals surface area (Å²) in [6.07, 6.45) is 0. The molecule has 102 valence electrons. The number of sulfone groups is 1. The maximum atomic E-state index is 12.0. The highest BCUT2D eigenvalue weighted by atomic mass is 79.9. The minimum absolute atomic E-state index is 0.107. The summed E-state index contributed by atoms with van der Waals surface area (Å²) in [5.74, 6) is 0.107. The van der Waals surface area contributed by atoms with Gasteiger partial charge in [-0.1, -0.05) is 19.1 Å². The van der Waals surface area contributed by atoms with Crippen molar-refractivity contribution < 1.29 is 8.42 Å². The molecule has 0 spiro atoms. The minimum atomic E-state index is -3.20. The maximum absolute atomic E-state index is 12.0. The Morgan fingerprint density at radius 2 is 2.05 bits per heavy atom. The fourth-order valence-electron chi connectivity index (χ4n) is 1.68. The molecular formula is C13H14BrNO2S2. The summed E-state index contributed by atoms with van der Waals surface area (Å²) < 4.78 is 25.1. The predicted octanol–water partition coefficient (Wildman–Crippen LogP) is 3.92. The van der Waals surface area contributed by atoms with Crippen molar-refractivity contribution in [3.8, 4) is 0 Å². The molecule has 0 amide bonds. The highest BCUT2D eigenvalue weighted by Crippen LogP contribution is 2.25. The van der Waals surface area contributed by atoms with Gasteiger partial charge in [-0.3, -0.25) is 0 Å². The molecule has 0 unspecified atom stereocenters. The summed E-state index contributed by atoms with van der Waals surface area (Å²) in [6.45, 7) is 2.26. The van der Waals surface area contributed by atoms with Crippen molar-refractivity contribution >= 4 is 42.8 Å². The normalized spacial score (nSPS) is 11.5. The molecule has 0 fully saturated rings. The van der Waals surface area contributed by atoms with Crippen LogP contribution in [0.5, 0.6) is 0 Å². The molecule has 19 heavy (non-hydrogen) atoms. The second-order valence-corrected chi connectivity index (χ2v) is 8.55. The number of para-hydroxylation sites is 1. The first-order valence-electron chi connectivity index (χ1n) is 5.81. The zero-order valence-corrected chi connectivity index (χ0v) is 13.6. The zero-order chi connectivity index (χ0) is 13.9. The number of benzene rings is 1. The van der Waals surface area contributed by atoms with E-state index < -0.39 is 9.84 Å². The molecule has 0 radical (unpaired) electrons. The van der Waals surface area contributed by atoms with E-state index in [0.29, 0.717) is 17.1 Å². The van der Waals surface area contributed by atoms with Gasteiger partial charge in [-0.25, -0.2) is 8.42 Å². The molecule has 0 saturated heterocycles. The third-order valence-corrected chi connectivity index (χ3v) is 6.05. The van der Waals surface area contributed by atoms with Gasteiger partial charge in [0, 0.05) is 6.54 Å². The predicted molar refractivity (Wildman–Crippen MR) is 83.5 cm³/mol. The Labute approximate surface area is 125 Å². The average molecular weight is 360 g/mol. The first-order valence-corrected chi connectivity index (χ1v) is 9.14. The summed E-state index contributed by atoms with van der Waals surface area (Å²) in [5, 5.41) is 5.23. The van der Waals surface area contributed by atoms with Crippen LogP contribution in [0.4, 0.5) is 5.69 Å². The van der Waals surface area contributed by atoms with Crippen molar-refractivity contribution in [2.45, 2.75) is 18.4 Å². The van der Waals surface area contributed by atoms with Crippen LogP contribution in [-0.2, 0) is 16.4 Å². The molecule has 0 aliphatic rings. The van der Waals surface area contributed by atoms with E-state index in [1.54, 1.807) is 36.5 Å². The highest BCUT2D eigenvalue weighted by molar-refractivity contribution is 9.11. The topological polar surface area (TPSA) is 46.2 Å². The van der Waals surface area contributed by atoms with Crippen molar-refractivity contribution in [3.63, 3.8) is 0 Å². The van der Waals surface area contributed by atoms with Gasteiger partial charge >= 0.3 is 0 Å². The quantitative estimate of drug-likeness (QED) is 0.879. The summed E-state index contributed by atoms with van der Waals surface area (Å²) in [6, 6.07) is 9.04. The van der Waals surface area contributed by atoms with E-state index in [4.69, 9.17) is 0 Å². The molecule has 1 aromatic carbocycles. The molecule has 2 aromatic rings. The number of halogens is 1. The minimum Gasteiger partial charge on any atom is -0.380 e. The Kier molecular flexibility index (Phi) is 4.65. The zero-order valence-electron chi connectivity index (χ0n) is 10.4. The Morgan fingerprint density at radius 1 is 1.32 bits per heavy atom. The van der Waals surface area contributed by atoms with E-state index in [1.165, 1.54) is 0 Å². The van der Waals surface area contributed by atoms with Gasteiger partial charge < -0.3 is 5.32 Å². The fourth-order valence-corrected chi connectivity index (χ4v) is 3.96. The monoisotopic (exact) mass is 359 g/mol. The first-order chi connectivity index (χ1) is 9.03. The van der Waals surface area contributed by atoms with Crippen molar-refractivity contribution in [2.75, 3.05) is 11.1 Å². The van der Waals surface area contributed by atoms with E-state index in [-0.39, 0.29) is 5.75 Å². The molecule has 1 aromatic heterocycles. The van der Waals surface area contributed by atoms with Crippen LogP contribution < -0.4 is 5.32 Å². The number of anilines is 1. The van der Waals surface area contributed by atoms with Crippen LogP contribution in [0.2, 0.25) is 0 Å². The van der Waals surface area contributed by atoms with E-state index in [1.807, 2.05) is 17.5 Å². The van der Waals surface area contributed by atoms with Gasteiger partial charge in [-0.15, -0.1) is 11.3 Å². The number of hydrogen-bond acceptors (Lipinski definition) is 4. The Morgan fingerprint density at radius 3 is 2.68 bits per heavy atom. The summed E-state index contributed by atoms with van der Waals surface area (Å²) in [5.41, 5.74) is 1.78. The third-order valence-electron chi connectivity index (χ3n) is 2.71. The first kappa shape index (κ1) is 14.6. The molecule has 0 bridgehead atoms. The molecule has 1 heterocycles. The molecular weight excluding hydrogens is 346 g/mol. The van der Waals surface area contributed by atoms with E-state index in [9.17, 15) is 8.42 Å². The summed E-state index contributed by atoms with van der Waals surface area (Å²) >= 11 is 5.02. The van der Waals surface area contributed by atoms with Gasteiger partial charge in [0.2, 0.25) is 0 Å². The number of nitrogens with one attached hydrogen (secondary N) is 1. The van der Waals surface area contributed by atoms with Crippen LogP contribution in [0.1, 0.15) is 12.5 Å².